The summed E-state index contributed by atoms with van der Waals surface area (Å²) in [5.74, 6) is 0. The molecule has 0 aliphatic carbocycles. The van der Waals surface area contributed by atoms with E-state index in [9.17, 15) is 0 Å². The number of aryl methyl sites for hydroxylation is 1. The lowest BCUT2D eigenvalue weighted by Gasteiger charge is -2.09. The third kappa shape index (κ3) is 2.45. The molecule has 0 saturated heterocycles. The highest BCUT2D eigenvalue weighted by atomic mass is 35.5. The third-order valence-electron chi connectivity index (χ3n) is 3.33. The van der Waals surface area contributed by atoms with Gasteiger partial charge in [0, 0.05) is 23.5 Å². The maximum Gasteiger partial charge on any atom is 0.0504 e. The van der Waals surface area contributed by atoms with Crippen molar-refractivity contribution < 1.29 is 0 Å². The Morgan fingerprint density at radius 2 is 2.05 bits per heavy atom. The Balaban J connectivity index is 1.82. The van der Waals surface area contributed by atoms with Gasteiger partial charge in [-0.3, -0.25) is 0 Å². The molecule has 1 aromatic heterocycles. The number of para-hydroxylation sites is 1. The fourth-order valence-electron chi connectivity index (χ4n) is 2.20. The Hall–Kier alpha value is -1.93. The minimum atomic E-state index is 0.775. The molecule has 96 valence electrons. The van der Waals surface area contributed by atoms with Gasteiger partial charge in [-0.2, -0.15) is 0 Å². The number of aromatic amines is 1. The van der Waals surface area contributed by atoms with Gasteiger partial charge in [0.1, 0.15) is 0 Å². The number of H-pyrrole nitrogens is 1. The minimum Gasteiger partial charge on any atom is -0.381 e. The molecule has 0 atom stereocenters. The molecule has 19 heavy (non-hydrogen) atoms. The molecule has 0 amide bonds. The van der Waals surface area contributed by atoms with Gasteiger partial charge >= 0.3 is 0 Å². The van der Waals surface area contributed by atoms with Gasteiger partial charge in [-0.1, -0.05) is 35.9 Å². The molecule has 1 heterocycles. The van der Waals surface area contributed by atoms with Crippen LogP contribution in [0.25, 0.3) is 10.9 Å². The number of halogens is 1. The molecule has 0 radical (unpaired) electrons. The minimum absolute atomic E-state index is 0.775. The second kappa shape index (κ2) is 4.98. The third-order valence-corrected chi connectivity index (χ3v) is 3.74. The molecule has 2 nitrogen and oxygen atoms in total. The molecule has 0 saturated carbocycles. The second-order valence-electron chi connectivity index (χ2n) is 4.68. The monoisotopic (exact) mass is 270 g/mol. The summed E-state index contributed by atoms with van der Waals surface area (Å²) >= 11 is 6.13. The van der Waals surface area contributed by atoms with Crippen LogP contribution in [0.5, 0.6) is 0 Å². The summed E-state index contributed by atoms with van der Waals surface area (Å²) in [5, 5.41) is 5.44. The fraction of sp³-hybridized carbons (Fsp3) is 0.125. The van der Waals surface area contributed by atoms with E-state index in [0.29, 0.717) is 0 Å². The van der Waals surface area contributed by atoms with Crippen LogP contribution in [0.15, 0.2) is 48.7 Å². The van der Waals surface area contributed by atoms with Gasteiger partial charge in [-0.05, 0) is 41.6 Å². The highest BCUT2D eigenvalue weighted by Crippen LogP contribution is 2.22. The number of hydrogen-bond acceptors (Lipinski definition) is 1. The standard InChI is InChI=1S/C16H15ClN2/c1-11-5-6-14(9-15(11)17)19-10-13-4-2-3-12-7-8-18-16(12)13/h2-9,18-19H,10H2,1H3. The van der Waals surface area contributed by atoms with Crippen molar-refractivity contribution in [3.63, 3.8) is 0 Å². The van der Waals surface area contributed by atoms with E-state index in [1.54, 1.807) is 0 Å². The first-order chi connectivity index (χ1) is 9.24. The van der Waals surface area contributed by atoms with Crippen LogP contribution >= 0.6 is 11.6 Å². The molecule has 0 aliphatic rings. The lowest BCUT2D eigenvalue weighted by molar-refractivity contribution is 1.16. The lowest BCUT2D eigenvalue weighted by atomic mass is 10.1. The van der Waals surface area contributed by atoms with Gasteiger partial charge in [0.25, 0.3) is 0 Å². The number of hydrogen-bond donors (Lipinski definition) is 2. The SMILES string of the molecule is Cc1ccc(NCc2cccc3cc[nH]c23)cc1Cl. The summed E-state index contributed by atoms with van der Waals surface area (Å²) in [6, 6.07) is 14.4. The van der Waals surface area contributed by atoms with Crippen molar-refractivity contribution in [2.75, 3.05) is 5.32 Å². The number of nitrogens with one attached hydrogen (secondary N) is 2. The maximum absolute atomic E-state index is 6.13. The van der Waals surface area contributed by atoms with Crippen LogP contribution in [-0.2, 0) is 6.54 Å². The lowest BCUT2D eigenvalue weighted by Crippen LogP contribution is -2.00. The van der Waals surface area contributed by atoms with E-state index in [0.717, 1.165) is 22.8 Å². The van der Waals surface area contributed by atoms with Crippen molar-refractivity contribution in [2.45, 2.75) is 13.5 Å². The van der Waals surface area contributed by atoms with Crippen molar-refractivity contribution in [2.24, 2.45) is 0 Å². The predicted octanol–water partition coefficient (Wildman–Crippen LogP) is 4.74. The zero-order valence-corrected chi connectivity index (χ0v) is 11.5. The van der Waals surface area contributed by atoms with E-state index in [2.05, 4.69) is 40.6 Å². The topological polar surface area (TPSA) is 27.8 Å². The average molecular weight is 271 g/mol. The first kappa shape index (κ1) is 12.1. The number of fused-ring (bicyclic) bond motifs is 1. The van der Waals surface area contributed by atoms with Crippen molar-refractivity contribution >= 4 is 28.2 Å². The van der Waals surface area contributed by atoms with Crippen LogP contribution in [0.1, 0.15) is 11.1 Å². The molecule has 2 aromatic carbocycles. The Labute approximate surface area is 117 Å². The van der Waals surface area contributed by atoms with Crippen molar-refractivity contribution in [3.8, 4) is 0 Å². The maximum atomic E-state index is 6.13. The molecule has 3 heteroatoms. The van der Waals surface area contributed by atoms with E-state index in [1.165, 1.54) is 16.5 Å². The second-order valence-corrected chi connectivity index (χ2v) is 5.08. The Morgan fingerprint density at radius 1 is 1.16 bits per heavy atom. The zero-order valence-electron chi connectivity index (χ0n) is 10.7. The molecular weight excluding hydrogens is 256 g/mol. The van der Waals surface area contributed by atoms with Crippen LogP contribution in [-0.4, -0.2) is 4.98 Å². The Kier molecular flexibility index (Phi) is 3.18. The molecular formula is C16H15ClN2. The number of anilines is 1. The summed E-state index contributed by atoms with van der Waals surface area (Å²) in [7, 11) is 0. The van der Waals surface area contributed by atoms with Crippen molar-refractivity contribution in [1.29, 1.82) is 0 Å². The molecule has 0 unspecified atom stereocenters. The molecule has 0 fully saturated rings. The summed E-state index contributed by atoms with van der Waals surface area (Å²) in [4.78, 5) is 3.28. The number of aromatic nitrogens is 1. The zero-order chi connectivity index (χ0) is 13.2. The van der Waals surface area contributed by atoms with Gasteiger partial charge in [0.05, 0.1) is 5.52 Å². The largest absolute Gasteiger partial charge is 0.381 e. The number of rotatable bonds is 3. The molecule has 0 aliphatic heterocycles. The van der Waals surface area contributed by atoms with E-state index in [-0.39, 0.29) is 0 Å². The molecule has 0 spiro atoms. The first-order valence-corrected chi connectivity index (χ1v) is 6.67. The van der Waals surface area contributed by atoms with Crippen molar-refractivity contribution in [3.05, 3.63) is 64.8 Å². The van der Waals surface area contributed by atoms with Crippen LogP contribution in [0, 0.1) is 6.92 Å². The number of benzene rings is 2. The van der Waals surface area contributed by atoms with Gasteiger partial charge in [-0.25, -0.2) is 0 Å². The van der Waals surface area contributed by atoms with Crippen molar-refractivity contribution in [1.82, 2.24) is 4.98 Å². The molecule has 0 bridgehead atoms. The van der Waals surface area contributed by atoms with Crippen LogP contribution in [0.3, 0.4) is 0 Å². The average Bonchev–Trinajstić information content (AvgIpc) is 2.89. The highest BCUT2D eigenvalue weighted by Gasteiger charge is 2.02. The summed E-state index contributed by atoms with van der Waals surface area (Å²) in [6.07, 6.45) is 1.97. The van der Waals surface area contributed by atoms with E-state index < -0.39 is 0 Å². The Bertz CT molecular complexity index is 716. The first-order valence-electron chi connectivity index (χ1n) is 6.29. The molecule has 2 N–H and O–H groups in total. The van der Waals surface area contributed by atoms with Gasteiger partial charge in [0.2, 0.25) is 0 Å². The van der Waals surface area contributed by atoms with Crippen LogP contribution in [0.2, 0.25) is 5.02 Å². The molecule has 3 rings (SSSR count). The van der Waals surface area contributed by atoms with Crippen LogP contribution < -0.4 is 5.32 Å². The van der Waals surface area contributed by atoms with Crippen LogP contribution in [0.4, 0.5) is 5.69 Å². The predicted molar refractivity (Wildman–Crippen MR) is 81.8 cm³/mol. The fourth-order valence-corrected chi connectivity index (χ4v) is 2.38. The van der Waals surface area contributed by atoms with E-state index in [1.807, 2.05) is 25.3 Å². The van der Waals surface area contributed by atoms with Gasteiger partial charge in [0.15, 0.2) is 0 Å². The van der Waals surface area contributed by atoms with E-state index in [4.69, 9.17) is 11.6 Å². The summed E-state index contributed by atoms with van der Waals surface area (Å²) in [5.41, 5.74) is 4.57. The smallest absolute Gasteiger partial charge is 0.0504 e. The van der Waals surface area contributed by atoms with Gasteiger partial charge < -0.3 is 10.3 Å². The van der Waals surface area contributed by atoms with Gasteiger partial charge in [-0.15, -0.1) is 0 Å². The normalized spacial score (nSPS) is 10.8. The van der Waals surface area contributed by atoms with E-state index >= 15 is 0 Å². The highest BCUT2D eigenvalue weighted by molar-refractivity contribution is 6.31. The molecule has 3 aromatic rings. The summed E-state index contributed by atoms with van der Waals surface area (Å²) in [6.45, 7) is 2.78. The summed E-state index contributed by atoms with van der Waals surface area (Å²) < 4.78 is 0. The quantitative estimate of drug-likeness (QED) is 0.707. The Morgan fingerprint density at radius 3 is 2.89 bits per heavy atom.